The maximum absolute atomic E-state index is 10.8. The van der Waals surface area contributed by atoms with Crippen LogP contribution in [0.3, 0.4) is 0 Å². The van der Waals surface area contributed by atoms with Crippen LogP contribution < -0.4 is 5.32 Å². The molecule has 0 saturated carbocycles. The van der Waals surface area contributed by atoms with Crippen LogP contribution in [0.5, 0.6) is 0 Å². The molecule has 0 amide bonds. The van der Waals surface area contributed by atoms with E-state index in [1.165, 1.54) is 0 Å². The van der Waals surface area contributed by atoms with Crippen molar-refractivity contribution in [3.05, 3.63) is 47.8 Å². The van der Waals surface area contributed by atoms with Crippen molar-refractivity contribution in [3.63, 3.8) is 0 Å². The van der Waals surface area contributed by atoms with Gasteiger partial charge in [0.15, 0.2) is 6.29 Å². The van der Waals surface area contributed by atoms with E-state index >= 15 is 0 Å². The summed E-state index contributed by atoms with van der Waals surface area (Å²) in [7, 11) is 0. The van der Waals surface area contributed by atoms with Gasteiger partial charge in [0.2, 0.25) is 0 Å². The van der Waals surface area contributed by atoms with Gasteiger partial charge in [-0.15, -0.1) is 0 Å². The number of imidazole rings is 1. The molecule has 2 N–H and O–H groups in total. The number of ether oxygens (including phenoxy) is 2. The van der Waals surface area contributed by atoms with Gasteiger partial charge < -0.3 is 24.5 Å². The van der Waals surface area contributed by atoms with Crippen molar-refractivity contribution in [2.24, 2.45) is 0 Å². The average molecular weight is 337 g/mol. The topological polar surface area (TPSA) is 81.4 Å². The number of halogens is 1. The first-order valence-corrected chi connectivity index (χ1v) is 7.86. The quantitative estimate of drug-likeness (QED) is 0.857. The molecule has 5 atom stereocenters. The number of hydrogen-bond acceptors (Lipinski definition) is 6. The number of nitrogens with zero attached hydrogens (tertiary/aromatic N) is 3. The minimum atomic E-state index is -0.656. The van der Waals surface area contributed by atoms with E-state index in [4.69, 9.17) is 21.1 Å². The van der Waals surface area contributed by atoms with E-state index < -0.39 is 12.4 Å². The number of aliphatic hydroxyl groups excluding tert-OH is 1. The lowest BCUT2D eigenvalue weighted by molar-refractivity contribution is -0.165. The molecule has 2 aliphatic rings. The van der Waals surface area contributed by atoms with E-state index in [1.54, 1.807) is 31.1 Å². The van der Waals surface area contributed by atoms with E-state index in [0.717, 1.165) is 5.56 Å². The minimum absolute atomic E-state index is 0.185. The third-order valence-corrected chi connectivity index (χ3v) is 4.73. The maximum Gasteiger partial charge on any atom is 0.181 e. The molecular weight excluding hydrogens is 320 g/mol. The lowest BCUT2D eigenvalue weighted by atomic mass is 9.95. The maximum atomic E-state index is 10.8. The van der Waals surface area contributed by atoms with Crippen LogP contribution in [-0.2, 0) is 16.0 Å². The Balaban J connectivity index is 1.52. The number of fused-ring (bicyclic) bond motifs is 2. The SMILES string of the molecule is O[C@H]1[C@H](NCc2ccncc2Cl)[C@H]2CO[C@H](O2)[C@@H]1n1ccnc1. The van der Waals surface area contributed by atoms with Gasteiger partial charge in [-0.2, -0.15) is 0 Å². The summed E-state index contributed by atoms with van der Waals surface area (Å²) in [4.78, 5) is 8.01. The van der Waals surface area contributed by atoms with E-state index in [0.29, 0.717) is 18.2 Å². The Bertz CT molecular complexity index is 669. The highest BCUT2D eigenvalue weighted by Crippen LogP contribution is 2.35. The first kappa shape index (κ1) is 15.0. The van der Waals surface area contributed by atoms with E-state index in [1.807, 2.05) is 10.6 Å². The van der Waals surface area contributed by atoms with Gasteiger partial charge in [0.05, 0.1) is 30.1 Å². The molecule has 2 aliphatic heterocycles. The van der Waals surface area contributed by atoms with Gasteiger partial charge in [-0.05, 0) is 11.6 Å². The van der Waals surface area contributed by atoms with Crippen LogP contribution in [0.2, 0.25) is 5.02 Å². The molecule has 0 aliphatic carbocycles. The molecule has 23 heavy (non-hydrogen) atoms. The highest BCUT2D eigenvalue weighted by Gasteiger charge is 2.50. The summed E-state index contributed by atoms with van der Waals surface area (Å²) < 4.78 is 13.4. The Hall–Kier alpha value is -1.51. The molecule has 0 aromatic carbocycles. The second-order valence-corrected chi connectivity index (χ2v) is 6.15. The monoisotopic (exact) mass is 336 g/mol. The zero-order valence-corrected chi connectivity index (χ0v) is 13.0. The van der Waals surface area contributed by atoms with E-state index in [-0.39, 0.29) is 18.2 Å². The fourth-order valence-electron chi connectivity index (χ4n) is 3.19. The highest BCUT2D eigenvalue weighted by molar-refractivity contribution is 6.31. The molecule has 2 saturated heterocycles. The largest absolute Gasteiger partial charge is 0.389 e. The molecule has 7 nitrogen and oxygen atoms in total. The van der Waals surface area contributed by atoms with Crippen molar-refractivity contribution in [2.75, 3.05) is 6.61 Å². The van der Waals surface area contributed by atoms with Crippen LogP contribution in [-0.4, -0.2) is 50.8 Å². The van der Waals surface area contributed by atoms with Gasteiger partial charge in [0.25, 0.3) is 0 Å². The summed E-state index contributed by atoms with van der Waals surface area (Å²) in [5.41, 5.74) is 0.925. The third kappa shape index (κ3) is 2.75. The Morgan fingerprint density at radius 3 is 3.09 bits per heavy atom. The van der Waals surface area contributed by atoms with Gasteiger partial charge in [-0.25, -0.2) is 4.98 Å². The first-order chi connectivity index (χ1) is 11.2. The Morgan fingerprint density at radius 1 is 1.39 bits per heavy atom. The Morgan fingerprint density at radius 2 is 2.30 bits per heavy atom. The van der Waals surface area contributed by atoms with Crippen LogP contribution in [0.1, 0.15) is 11.6 Å². The normalized spacial score (nSPS) is 33.0. The second-order valence-electron chi connectivity index (χ2n) is 5.74. The number of pyridine rings is 1. The van der Waals surface area contributed by atoms with Gasteiger partial charge in [-0.3, -0.25) is 4.98 Å². The number of nitrogens with one attached hydrogen (secondary N) is 1. The molecule has 122 valence electrons. The van der Waals surface area contributed by atoms with Gasteiger partial charge in [0.1, 0.15) is 12.1 Å². The van der Waals surface area contributed by atoms with Crippen LogP contribution >= 0.6 is 11.6 Å². The molecule has 0 spiro atoms. The number of aromatic nitrogens is 3. The fourth-order valence-corrected chi connectivity index (χ4v) is 3.38. The predicted octanol–water partition coefficient (Wildman–Crippen LogP) is 0.747. The van der Waals surface area contributed by atoms with Crippen molar-refractivity contribution in [1.29, 1.82) is 0 Å². The number of hydrogen-bond donors (Lipinski definition) is 2. The lowest BCUT2D eigenvalue weighted by Gasteiger charge is -2.39. The molecule has 4 rings (SSSR count). The Kier molecular flexibility index (Phi) is 4.04. The molecule has 2 fully saturated rings. The summed E-state index contributed by atoms with van der Waals surface area (Å²) in [6, 6.07) is 1.26. The van der Waals surface area contributed by atoms with Gasteiger partial charge >= 0.3 is 0 Å². The van der Waals surface area contributed by atoms with Gasteiger partial charge in [-0.1, -0.05) is 11.6 Å². The Labute approximate surface area is 138 Å². The average Bonchev–Trinajstić information content (AvgIpc) is 3.21. The molecule has 8 heteroatoms. The van der Waals surface area contributed by atoms with Crippen molar-refractivity contribution in [3.8, 4) is 0 Å². The number of aliphatic hydroxyl groups is 1. The van der Waals surface area contributed by atoms with Crippen molar-refractivity contribution in [1.82, 2.24) is 19.9 Å². The number of rotatable bonds is 4. The van der Waals surface area contributed by atoms with Crippen LogP contribution in [0.4, 0.5) is 0 Å². The molecule has 4 heterocycles. The predicted molar refractivity (Wildman–Crippen MR) is 81.8 cm³/mol. The van der Waals surface area contributed by atoms with E-state index in [2.05, 4.69) is 15.3 Å². The minimum Gasteiger partial charge on any atom is -0.389 e. The van der Waals surface area contributed by atoms with E-state index in [9.17, 15) is 5.11 Å². The third-order valence-electron chi connectivity index (χ3n) is 4.38. The van der Waals surface area contributed by atoms with Crippen LogP contribution in [0, 0.1) is 0 Å². The molecule has 0 unspecified atom stereocenters. The van der Waals surface area contributed by atoms with Crippen molar-refractivity contribution < 1.29 is 14.6 Å². The van der Waals surface area contributed by atoms with Crippen LogP contribution in [0.15, 0.2) is 37.2 Å². The summed E-state index contributed by atoms with van der Waals surface area (Å²) in [5, 5.41) is 14.8. The summed E-state index contributed by atoms with van der Waals surface area (Å²) >= 11 is 6.13. The molecular formula is C15H17ClN4O3. The molecule has 0 radical (unpaired) electrons. The standard InChI is InChI=1S/C15H17ClN4O3/c16-10-6-17-2-1-9(10)5-19-12-11-7-22-15(23-11)13(14(12)21)20-4-3-18-8-20/h1-4,6,8,11-15,19,21H,5,7H2/t11-,12-,13-,14+,15-/m1/s1. The van der Waals surface area contributed by atoms with Crippen molar-refractivity contribution >= 4 is 11.6 Å². The summed E-state index contributed by atoms with van der Waals surface area (Å²) in [6.45, 7) is 0.971. The smallest absolute Gasteiger partial charge is 0.181 e. The van der Waals surface area contributed by atoms with Gasteiger partial charge in [0, 0.05) is 31.3 Å². The highest BCUT2D eigenvalue weighted by atomic mass is 35.5. The second kappa shape index (κ2) is 6.18. The van der Waals surface area contributed by atoms with Crippen LogP contribution in [0.25, 0.3) is 0 Å². The zero-order chi connectivity index (χ0) is 15.8. The first-order valence-electron chi connectivity index (χ1n) is 7.48. The fraction of sp³-hybridized carbons (Fsp3) is 0.467. The molecule has 2 aromatic heterocycles. The van der Waals surface area contributed by atoms with Crippen molar-refractivity contribution in [2.45, 2.75) is 37.1 Å². The zero-order valence-electron chi connectivity index (χ0n) is 12.2. The lowest BCUT2D eigenvalue weighted by Crippen LogP contribution is -2.57. The molecule has 2 aromatic rings. The summed E-state index contributed by atoms with van der Waals surface area (Å²) in [5.74, 6) is 0. The molecule has 2 bridgehead atoms. The summed E-state index contributed by atoms with van der Waals surface area (Å²) in [6.07, 6.45) is 7.15.